The molecule has 3 aromatic rings. The second kappa shape index (κ2) is 8.89. The molecule has 33 heavy (non-hydrogen) atoms. The Kier molecular flexibility index (Phi) is 6.09. The molecular weight excluding hydrogens is 452 g/mol. The van der Waals surface area contributed by atoms with Gasteiger partial charge >= 0.3 is 0 Å². The van der Waals surface area contributed by atoms with Crippen LogP contribution in [0.25, 0.3) is 10.2 Å². The van der Waals surface area contributed by atoms with Gasteiger partial charge in [0.25, 0.3) is 5.56 Å². The number of rotatable bonds is 4. The van der Waals surface area contributed by atoms with Gasteiger partial charge in [-0.1, -0.05) is 51.5 Å². The lowest BCUT2D eigenvalue weighted by molar-refractivity contribution is -0.113. The van der Waals surface area contributed by atoms with E-state index in [9.17, 15) is 9.59 Å². The number of thioether (sulfide) groups is 1. The Morgan fingerprint density at radius 2 is 1.82 bits per heavy atom. The Bertz CT molecular complexity index is 1230. The molecule has 6 nitrogen and oxygen atoms in total. The molecule has 2 aliphatic rings. The summed E-state index contributed by atoms with van der Waals surface area (Å²) in [4.78, 5) is 32.4. The standard InChI is InChI=1S/C25H30N4O2S2/c1-25(2,3)17-9-7-16(8-10-17)18(28-11-5-4-6-12-28)13-29-15-26-20-21-24(32-14-19(30)27-21)33-22(20)23(29)31/h7-10,15,18H,4-6,11-14H2,1-3H3,(H,27,30)/t18-/m0/s1. The lowest BCUT2D eigenvalue weighted by Gasteiger charge is -2.35. The average Bonchev–Trinajstić information content (AvgIpc) is 3.17. The van der Waals surface area contributed by atoms with Crippen molar-refractivity contribution >= 4 is 44.9 Å². The molecule has 174 valence electrons. The number of anilines is 1. The number of benzene rings is 1. The van der Waals surface area contributed by atoms with Gasteiger partial charge in [0.05, 0.1) is 28.0 Å². The Labute approximate surface area is 202 Å². The molecule has 1 amide bonds. The van der Waals surface area contributed by atoms with Gasteiger partial charge in [-0.25, -0.2) is 4.98 Å². The van der Waals surface area contributed by atoms with Crippen LogP contribution in [0.1, 0.15) is 57.2 Å². The van der Waals surface area contributed by atoms with Gasteiger partial charge in [-0.3, -0.25) is 19.1 Å². The number of nitrogens with one attached hydrogen (secondary N) is 1. The molecule has 2 aromatic heterocycles. The molecule has 1 fully saturated rings. The Morgan fingerprint density at radius 1 is 1.09 bits per heavy atom. The highest BCUT2D eigenvalue weighted by Gasteiger charge is 2.27. The second-order valence-corrected chi connectivity index (χ2v) is 12.2. The number of hydrogen-bond acceptors (Lipinski definition) is 6. The van der Waals surface area contributed by atoms with Crippen molar-refractivity contribution in [3.63, 3.8) is 0 Å². The Morgan fingerprint density at radius 3 is 2.52 bits per heavy atom. The number of carbonyl (C=O) groups is 1. The Balaban J connectivity index is 1.51. The van der Waals surface area contributed by atoms with E-state index in [1.807, 2.05) is 0 Å². The van der Waals surface area contributed by atoms with E-state index in [2.05, 4.69) is 60.2 Å². The number of fused-ring (bicyclic) bond motifs is 3. The van der Waals surface area contributed by atoms with Crippen LogP contribution in [0, 0.1) is 0 Å². The van der Waals surface area contributed by atoms with Gasteiger partial charge in [0.2, 0.25) is 5.91 Å². The van der Waals surface area contributed by atoms with Crippen LogP contribution in [0.3, 0.4) is 0 Å². The normalized spacial score (nSPS) is 18.2. The van der Waals surface area contributed by atoms with E-state index < -0.39 is 0 Å². The number of hydrogen-bond donors (Lipinski definition) is 1. The number of likely N-dealkylation sites (tertiary alicyclic amines) is 1. The molecule has 4 heterocycles. The molecule has 0 unspecified atom stereocenters. The second-order valence-electron chi connectivity index (χ2n) is 9.97. The van der Waals surface area contributed by atoms with Crippen molar-refractivity contribution in [2.75, 3.05) is 24.2 Å². The van der Waals surface area contributed by atoms with Crippen molar-refractivity contribution in [2.24, 2.45) is 0 Å². The van der Waals surface area contributed by atoms with Gasteiger partial charge in [0.15, 0.2) is 0 Å². The van der Waals surface area contributed by atoms with E-state index in [0.717, 1.165) is 17.3 Å². The maximum atomic E-state index is 13.5. The first kappa shape index (κ1) is 22.6. The monoisotopic (exact) mass is 482 g/mol. The number of thiophene rings is 1. The van der Waals surface area contributed by atoms with Crippen LogP contribution in [0.5, 0.6) is 0 Å². The van der Waals surface area contributed by atoms with E-state index in [-0.39, 0.29) is 22.9 Å². The van der Waals surface area contributed by atoms with E-state index in [1.165, 1.54) is 53.5 Å². The van der Waals surface area contributed by atoms with Crippen molar-refractivity contribution in [2.45, 2.75) is 62.2 Å². The third kappa shape index (κ3) is 4.48. The lowest BCUT2D eigenvalue weighted by atomic mass is 9.86. The van der Waals surface area contributed by atoms with Crippen molar-refractivity contribution in [3.8, 4) is 0 Å². The fourth-order valence-corrected chi connectivity index (χ4v) is 6.86. The van der Waals surface area contributed by atoms with Crippen LogP contribution < -0.4 is 10.9 Å². The summed E-state index contributed by atoms with van der Waals surface area (Å²) >= 11 is 2.93. The van der Waals surface area contributed by atoms with Gasteiger partial charge in [0, 0.05) is 6.54 Å². The van der Waals surface area contributed by atoms with Crippen molar-refractivity contribution < 1.29 is 4.79 Å². The van der Waals surface area contributed by atoms with E-state index >= 15 is 0 Å². The highest BCUT2D eigenvalue weighted by Crippen LogP contribution is 2.42. The molecule has 0 radical (unpaired) electrons. The summed E-state index contributed by atoms with van der Waals surface area (Å²) in [7, 11) is 0. The largest absolute Gasteiger partial charge is 0.322 e. The van der Waals surface area contributed by atoms with E-state index in [4.69, 9.17) is 0 Å². The first-order valence-electron chi connectivity index (χ1n) is 11.6. The minimum absolute atomic E-state index is 0.0254. The van der Waals surface area contributed by atoms with Gasteiger partial charge in [-0.05, 0) is 42.5 Å². The topological polar surface area (TPSA) is 67.2 Å². The molecule has 1 saturated heterocycles. The molecule has 1 atom stereocenters. The van der Waals surface area contributed by atoms with Crippen LogP contribution in [0.15, 0.2) is 39.6 Å². The zero-order valence-corrected chi connectivity index (χ0v) is 21.0. The molecule has 5 rings (SSSR count). The molecule has 2 aliphatic heterocycles. The molecule has 0 saturated carbocycles. The zero-order valence-electron chi connectivity index (χ0n) is 19.4. The minimum Gasteiger partial charge on any atom is -0.322 e. The molecule has 0 aliphatic carbocycles. The van der Waals surface area contributed by atoms with Gasteiger partial charge in [-0.15, -0.1) is 23.1 Å². The fourth-order valence-electron chi connectivity index (χ4n) is 4.68. The highest BCUT2D eigenvalue weighted by atomic mass is 32.2. The van der Waals surface area contributed by atoms with Crippen LogP contribution in [0.4, 0.5) is 5.69 Å². The predicted molar refractivity (Wildman–Crippen MR) is 137 cm³/mol. The molecule has 0 spiro atoms. The summed E-state index contributed by atoms with van der Waals surface area (Å²) in [5.74, 6) is 0.345. The van der Waals surface area contributed by atoms with E-state index in [0.29, 0.717) is 28.2 Å². The van der Waals surface area contributed by atoms with Crippen molar-refractivity contribution in [1.82, 2.24) is 14.5 Å². The molecular formula is C25H30N4O2S2. The smallest absolute Gasteiger partial charge is 0.271 e. The predicted octanol–water partition coefficient (Wildman–Crippen LogP) is 5.03. The first-order chi connectivity index (χ1) is 15.8. The van der Waals surface area contributed by atoms with Crippen molar-refractivity contribution in [1.29, 1.82) is 0 Å². The minimum atomic E-state index is -0.0398. The highest BCUT2D eigenvalue weighted by molar-refractivity contribution is 8.02. The summed E-state index contributed by atoms with van der Waals surface area (Å²) in [5.41, 5.74) is 3.95. The zero-order chi connectivity index (χ0) is 23.2. The SMILES string of the molecule is CC(C)(C)c1ccc([C@H](Cn2cnc3c4c(sc3c2=O)SCC(=O)N4)N2CCCCC2)cc1. The van der Waals surface area contributed by atoms with Crippen LogP contribution in [0.2, 0.25) is 0 Å². The Hall–Kier alpha value is -2.16. The third-order valence-electron chi connectivity index (χ3n) is 6.59. The fraction of sp³-hybridized carbons (Fsp3) is 0.480. The van der Waals surface area contributed by atoms with Crippen LogP contribution >= 0.6 is 23.1 Å². The summed E-state index contributed by atoms with van der Waals surface area (Å²) in [6.07, 6.45) is 5.31. The van der Waals surface area contributed by atoms with Crippen molar-refractivity contribution in [3.05, 3.63) is 52.1 Å². The van der Waals surface area contributed by atoms with Crippen LogP contribution in [-0.2, 0) is 16.8 Å². The first-order valence-corrected chi connectivity index (χ1v) is 13.4. The number of nitrogens with zero attached hydrogens (tertiary/aromatic N) is 3. The molecule has 0 bridgehead atoms. The number of piperidine rings is 1. The molecule has 1 N–H and O–H groups in total. The lowest BCUT2D eigenvalue weighted by Crippen LogP contribution is -2.37. The summed E-state index contributed by atoms with van der Waals surface area (Å²) in [6.45, 7) is 9.35. The van der Waals surface area contributed by atoms with Gasteiger partial charge < -0.3 is 5.32 Å². The van der Waals surface area contributed by atoms with Gasteiger partial charge in [0.1, 0.15) is 10.2 Å². The quantitative estimate of drug-likeness (QED) is 0.565. The maximum absolute atomic E-state index is 13.5. The molecule has 1 aromatic carbocycles. The number of amides is 1. The number of carbonyl (C=O) groups excluding carboxylic acids is 1. The summed E-state index contributed by atoms with van der Waals surface area (Å²) in [5, 5.41) is 2.90. The average molecular weight is 483 g/mol. The summed E-state index contributed by atoms with van der Waals surface area (Å²) < 4.78 is 3.35. The number of aromatic nitrogens is 2. The maximum Gasteiger partial charge on any atom is 0.271 e. The van der Waals surface area contributed by atoms with E-state index in [1.54, 1.807) is 10.9 Å². The third-order valence-corrected chi connectivity index (χ3v) is 9.03. The van der Waals surface area contributed by atoms with Gasteiger partial charge in [-0.2, -0.15) is 0 Å². The molecule has 8 heteroatoms. The summed E-state index contributed by atoms with van der Waals surface area (Å²) in [6, 6.07) is 9.03. The van der Waals surface area contributed by atoms with Crippen LogP contribution in [-0.4, -0.2) is 39.2 Å².